The van der Waals surface area contributed by atoms with Crippen LogP contribution in [0.4, 0.5) is 5.13 Å². The van der Waals surface area contributed by atoms with Gasteiger partial charge in [0.05, 0.1) is 13.2 Å². The van der Waals surface area contributed by atoms with Crippen LogP contribution < -0.4 is 14.8 Å². The molecule has 146 valence electrons. The molecular weight excluding hydrogens is 362 g/mol. The van der Waals surface area contributed by atoms with E-state index in [9.17, 15) is 4.79 Å². The SMILES string of the molecule is CCOc1cccc(OCC)c1C(=O)Nc1nnc(C2(CC)CCCC2)s1. The van der Waals surface area contributed by atoms with Crippen LogP contribution in [0.15, 0.2) is 18.2 Å². The number of benzene rings is 1. The van der Waals surface area contributed by atoms with Crippen molar-refractivity contribution in [1.82, 2.24) is 10.2 Å². The molecule has 1 amide bonds. The smallest absolute Gasteiger partial charge is 0.265 e. The molecule has 1 fully saturated rings. The summed E-state index contributed by atoms with van der Waals surface area (Å²) in [5.41, 5.74) is 0.518. The maximum Gasteiger partial charge on any atom is 0.265 e. The third kappa shape index (κ3) is 4.08. The largest absolute Gasteiger partial charge is 0.493 e. The normalized spacial score (nSPS) is 15.5. The topological polar surface area (TPSA) is 73.3 Å². The molecular formula is C20H27N3O3S. The minimum Gasteiger partial charge on any atom is -0.493 e. The number of carbonyl (C=O) groups excluding carboxylic acids is 1. The van der Waals surface area contributed by atoms with Crippen molar-refractivity contribution in [1.29, 1.82) is 0 Å². The van der Waals surface area contributed by atoms with Crippen LogP contribution in [-0.2, 0) is 5.41 Å². The van der Waals surface area contributed by atoms with Gasteiger partial charge in [-0.2, -0.15) is 0 Å². The molecule has 6 nitrogen and oxygen atoms in total. The summed E-state index contributed by atoms with van der Waals surface area (Å²) in [7, 11) is 0. The van der Waals surface area contributed by atoms with Gasteiger partial charge in [0.1, 0.15) is 22.1 Å². The first-order chi connectivity index (χ1) is 13.1. The number of aromatic nitrogens is 2. The van der Waals surface area contributed by atoms with E-state index in [2.05, 4.69) is 22.4 Å². The molecule has 1 saturated carbocycles. The van der Waals surface area contributed by atoms with Crippen LogP contribution in [-0.4, -0.2) is 29.3 Å². The molecule has 1 aromatic heterocycles. The summed E-state index contributed by atoms with van der Waals surface area (Å²) in [6, 6.07) is 5.37. The highest BCUT2D eigenvalue weighted by Crippen LogP contribution is 2.45. The zero-order chi connectivity index (χ0) is 19.3. The van der Waals surface area contributed by atoms with Gasteiger partial charge in [0.25, 0.3) is 5.91 Å². The molecule has 1 aliphatic carbocycles. The van der Waals surface area contributed by atoms with Crippen LogP contribution in [0, 0.1) is 0 Å². The lowest BCUT2D eigenvalue weighted by Gasteiger charge is -2.23. The van der Waals surface area contributed by atoms with Crippen molar-refractivity contribution in [2.24, 2.45) is 0 Å². The highest BCUT2D eigenvalue weighted by Gasteiger charge is 2.37. The maximum atomic E-state index is 13.0. The van der Waals surface area contributed by atoms with Crippen LogP contribution in [0.3, 0.4) is 0 Å². The Morgan fingerprint density at radius 3 is 2.30 bits per heavy atom. The van der Waals surface area contributed by atoms with Gasteiger partial charge in [0.2, 0.25) is 5.13 Å². The Labute approximate surface area is 164 Å². The van der Waals surface area contributed by atoms with Crippen LogP contribution >= 0.6 is 11.3 Å². The van der Waals surface area contributed by atoms with E-state index in [1.165, 1.54) is 24.2 Å². The summed E-state index contributed by atoms with van der Waals surface area (Å²) in [5.74, 6) is 0.722. The molecule has 0 atom stereocenters. The Kier molecular flexibility index (Phi) is 6.31. The minimum atomic E-state index is -0.290. The van der Waals surface area contributed by atoms with Crippen molar-refractivity contribution < 1.29 is 14.3 Å². The zero-order valence-corrected chi connectivity index (χ0v) is 17.0. The van der Waals surface area contributed by atoms with Gasteiger partial charge in [0.15, 0.2) is 0 Å². The Hall–Kier alpha value is -2.15. The average Bonchev–Trinajstić information content (AvgIpc) is 3.32. The van der Waals surface area contributed by atoms with Crippen molar-refractivity contribution in [3.8, 4) is 11.5 Å². The van der Waals surface area contributed by atoms with E-state index in [4.69, 9.17) is 9.47 Å². The van der Waals surface area contributed by atoms with Crippen molar-refractivity contribution in [3.05, 3.63) is 28.8 Å². The predicted octanol–water partition coefficient (Wildman–Crippen LogP) is 4.81. The van der Waals surface area contributed by atoms with Crippen molar-refractivity contribution in [2.45, 2.75) is 58.3 Å². The fourth-order valence-corrected chi connectivity index (χ4v) is 4.76. The van der Waals surface area contributed by atoms with E-state index in [0.717, 1.165) is 24.3 Å². The lowest BCUT2D eigenvalue weighted by molar-refractivity contribution is 0.101. The van der Waals surface area contributed by atoms with Gasteiger partial charge in [0, 0.05) is 5.41 Å². The van der Waals surface area contributed by atoms with E-state index in [-0.39, 0.29) is 11.3 Å². The highest BCUT2D eigenvalue weighted by molar-refractivity contribution is 7.15. The lowest BCUT2D eigenvalue weighted by Crippen LogP contribution is -2.20. The monoisotopic (exact) mass is 389 g/mol. The van der Waals surface area contributed by atoms with E-state index in [1.807, 2.05) is 19.9 Å². The molecule has 2 aromatic rings. The number of carbonyl (C=O) groups is 1. The lowest BCUT2D eigenvalue weighted by atomic mass is 9.84. The van der Waals surface area contributed by atoms with Gasteiger partial charge in [-0.05, 0) is 45.2 Å². The van der Waals surface area contributed by atoms with E-state index >= 15 is 0 Å². The summed E-state index contributed by atoms with van der Waals surface area (Å²) in [6.45, 7) is 6.92. The van der Waals surface area contributed by atoms with Crippen molar-refractivity contribution in [3.63, 3.8) is 0 Å². The Balaban J connectivity index is 1.84. The fourth-order valence-electron chi connectivity index (χ4n) is 3.70. The molecule has 0 saturated heterocycles. The number of amides is 1. The molecule has 3 rings (SSSR count). The van der Waals surface area contributed by atoms with Gasteiger partial charge >= 0.3 is 0 Å². The fraction of sp³-hybridized carbons (Fsp3) is 0.550. The molecule has 1 aromatic carbocycles. The number of nitrogens with one attached hydrogen (secondary N) is 1. The van der Waals surface area contributed by atoms with Crippen LogP contribution in [0.5, 0.6) is 11.5 Å². The number of hydrogen-bond acceptors (Lipinski definition) is 6. The number of anilines is 1. The Morgan fingerprint density at radius 1 is 1.11 bits per heavy atom. The van der Waals surface area contributed by atoms with Gasteiger partial charge in [-0.25, -0.2) is 0 Å². The van der Waals surface area contributed by atoms with Crippen LogP contribution in [0.1, 0.15) is 68.2 Å². The van der Waals surface area contributed by atoms with Gasteiger partial charge in [-0.15, -0.1) is 10.2 Å². The van der Waals surface area contributed by atoms with Gasteiger partial charge in [-0.1, -0.05) is 37.2 Å². The Morgan fingerprint density at radius 2 is 1.74 bits per heavy atom. The highest BCUT2D eigenvalue weighted by atomic mass is 32.1. The third-order valence-electron chi connectivity index (χ3n) is 5.15. The number of rotatable bonds is 8. The first-order valence-corrected chi connectivity index (χ1v) is 10.5. The molecule has 0 spiro atoms. The van der Waals surface area contributed by atoms with Gasteiger partial charge in [-0.3, -0.25) is 10.1 Å². The second kappa shape index (κ2) is 8.69. The van der Waals surface area contributed by atoms with Crippen molar-refractivity contribution >= 4 is 22.4 Å². The molecule has 0 unspecified atom stereocenters. The van der Waals surface area contributed by atoms with Crippen LogP contribution in [0.25, 0.3) is 0 Å². The van der Waals surface area contributed by atoms with Crippen molar-refractivity contribution in [2.75, 3.05) is 18.5 Å². The van der Waals surface area contributed by atoms with E-state index < -0.39 is 0 Å². The first-order valence-electron chi connectivity index (χ1n) is 9.67. The number of nitrogens with zero attached hydrogens (tertiary/aromatic N) is 2. The summed E-state index contributed by atoms with van der Waals surface area (Å²) in [6.07, 6.45) is 5.81. The predicted molar refractivity (Wildman–Crippen MR) is 107 cm³/mol. The standard InChI is InChI=1S/C20H27N3O3S/c1-4-20(12-7-8-13-20)18-22-23-19(27-18)21-17(24)16-14(25-5-2)10-9-11-15(16)26-6-3/h9-11H,4-8,12-13H2,1-3H3,(H,21,23,24). The summed E-state index contributed by atoms with van der Waals surface area (Å²) in [5, 5.41) is 13.1. The summed E-state index contributed by atoms with van der Waals surface area (Å²) in [4.78, 5) is 13.0. The first kappa shape index (κ1) is 19.6. The quantitative estimate of drug-likeness (QED) is 0.701. The second-order valence-electron chi connectivity index (χ2n) is 6.70. The molecule has 1 N–H and O–H groups in total. The van der Waals surface area contributed by atoms with E-state index in [0.29, 0.717) is 35.4 Å². The minimum absolute atomic E-state index is 0.125. The Bertz CT molecular complexity index is 760. The summed E-state index contributed by atoms with van der Waals surface area (Å²) >= 11 is 1.48. The second-order valence-corrected chi connectivity index (χ2v) is 7.68. The number of ether oxygens (including phenoxy) is 2. The summed E-state index contributed by atoms with van der Waals surface area (Å²) < 4.78 is 11.3. The molecule has 1 aliphatic rings. The van der Waals surface area contributed by atoms with E-state index in [1.54, 1.807) is 12.1 Å². The average molecular weight is 390 g/mol. The molecule has 0 bridgehead atoms. The molecule has 0 aliphatic heterocycles. The maximum absolute atomic E-state index is 13.0. The third-order valence-corrected chi connectivity index (χ3v) is 6.24. The zero-order valence-electron chi connectivity index (χ0n) is 16.2. The molecule has 0 radical (unpaired) electrons. The molecule has 1 heterocycles. The van der Waals surface area contributed by atoms with Crippen LogP contribution in [0.2, 0.25) is 0 Å². The van der Waals surface area contributed by atoms with Gasteiger partial charge < -0.3 is 9.47 Å². The number of hydrogen-bond donors (Lipinski definition) is 1. The molecule has 27 heavy (non-hydrogen) atoms. The molecule has 7 heteroatoms.